The molecule has 248 valence electrons. The lowest BCUT2D eigenvalue weighted by atomic mass is 9.76. The summed E-state index contributed by atoms with van der Waals surface area (Å²) in [6.07, 6.45) is 2.86. The maximum atomic E-state index is 13.5. The second kappa shape index (κ2) is 14.6. The van der Waals surface area contributed by atoms with Gasteiger partial charge in [-0.1, -0.05) is 77.8 Å². The van der Waals surface area contributed by atoms with E-state index in [0.717, 1.165) is 92.4 Å². The highest BCUT2D eigenvalue weighted by atomic mass is 35.5. The minimum atomic E-state index is -0.197. The Morgan fingerprint density at radius 1 is 0.792 bits per heavy atom. The van der Waals surface area contributed by atoms with Crippen LogP contribution in [-0.4, -0.2) is 77.7 Å². The minimum absolute atomic E-state index is 0.0833. The molecule has 1 unspecified atom stereocenters. The number of ether oxygens (including phenoxy) is 1. The van der Waals surface area contributed by atoms with Crippen LogP contribution in [0.3, 0.4) is 0 Å². The predicted octanol–water partition coefficient (Wildman–Crippen LogP) is 7.81. The standard InChI is InChI=1S/C39H41Cl2N5O2/c40-33-17-16-31(28-34(33)41)39(19-23-45(29-39)37(47)30-10-3-1-4-11-30)18-22-43-20-9-21-44(25-24-43)38-42-35-14-7-8-15-36(35)46(38)26-27-48-32-12-5-2-6-13-32/h1-8,10-17,28H,9,18-27,29H2. The molecule has 2 fully saturated rings. The molecule has 2 saturated heterocycles. The molecule has 2 aliphatic rings. The molecule has 0 aliphatic carbocycles. The Balaban J connectivity index is 1.05. The molecule has 7 nitrogen and oxygen atoms in total. The van der Waals surface area contributed by atoms with Crippen LogP contribution in [0.15, 0.2) is 103 Å². The summed E-state index contributed by atoms with van der Waals surface area (Å²) < 4.78 is 8.39. The Morgan fingerprint density at radius 3 is 2.38 bits per heavy atom. The SMILES string of the molecule is O=C(c1ccccc1)N1CCC(CCN2CCCN(c3nc4ccccc4n3CCOc3ccccc3)CC2)(c2ccc(Cl)c(Cl)c2)C1. The van der Waals surface area contributed by atoms with Crippen LogP contribution in [0, 0.1) is 0 Å². The van der Waals surface area contributed by atoms with Crippen molar-refractivity contribution in [1.29, 1.82) is 0 Å². The molecule has 0 bridgehead atoms. The second-order valence-corrected chi connectivity index (χ2v) is 13.7. The quantitative estimate of drug-likeness (QED) is 0.151. The molecule has 1 atom stereocenters. The average Bonchev–Trinajstić information content (AvgIpc) is 3.64. The maximum Gasteiger partial charge on any atom is 0.253 e. The van der Waals surface area contributed by atoms with Crippen molar-refractivity contribution in [2.24, 2.45) is 0 Å². The number of benzene rings is 4. The fourth-order valence-corrected chi connectivity index (χ4v) is 7.58. The number of likely N-dealkylation sites (tertiary alicyclic amines) is 1. The molecule has 0 spiro atoms. The van der Waals surface area contributed by atoms with Crippen LogP contribution in [-0.2, 0) is 12.0 Å². The second-order valence-electron chi connectivity index (χ2n) is 12.9. The molecule has 1 amide bonds. The molecule has 9 heteroatoms. The van der Waals surface area contributed by atoms with Gasteiger partial charge in [0, 0.05) is 43.7 Å². The van der Waals surface area contributed by atoms with Crippen LogP contribution in [0.4, 0.5) is 5.95 Å². The van der Waals surface area contributed by atoms with Gasteiger partial charge in [-0.2, -0.15) is 0 Å². The number of hydrogen-bond acceptors (Lipinski definition) is 5. The molecule has 4 aromatic carbocycles. The van der Waals surface area contributed by atoms with Gasteiger partial charge in [0.05, 0.1) is 27.6 Å². The molecular formula is C39H41Cl2N5O2. The molecule has 0 saturated carbocycles. The highest BCUT2D eigenvalue weighted by molar-refractivity contribution is 6.42. The van der Waals surface area contributed by atoms with Crippen LogP contribution in [0.2, 0.25) is 10.0 Å². The first-order chi connectivity index (χ1) is 23.5. The van der Waals surface area contributed by atoms with E-state index in [4.69, 9.17) is 32.9 Å². The van der Waals surface area contributed by atoms with Crippen LogP contribution in [0.5, 0.6) is 5.75 Å². The Labute approximate surface area is 292 Å². The molecule has 5 aromatic rings. The average molecular weight is 683 g/mol. The Hall–Kier alpha value is -4.04. The zero-order chi connectivity index (χ0) is 32.9. The minimum Gasteiger partial charge on any atom is -0.492 e. The molecule has 1 aromatic heterocycles. The lowest BCUT2D eigenvalue weighted by Crippen LogP contribution is -2.39. The number of anilines is 1. The lowest BCUT2D eigenvalue weighted by molar-refractivity contribution is 0.0781. The summed E-state index contributed by atoms with van der Waals surface area (Å²) >= 11 is 12.9. The number of hydrogen-bond donors (Lipinski definition) is 0. The summed E-state index contributed by atoms with van der Waals surface area (Å²) in [6, 6.07) is 33.9. The third-order valence-corrected chi connectivity index (χ3v) is 10.7. The smallest absolute Gasteiger partial charge is 0.253 e. The van der Waals surface area contributed by atoms with Crippen LogP contribution < -0.4 is 9.64 Å². The lowest BCUT2D eigenvalue weighted by Gasteiger charge is -2.33. The summed E-state index contributed by atoms with van der Waals surface area (Å²) in [7, 11) is 0. The van der Waals surface area contributed by atoms with Crippen molar-refractivity contribution in [2.45, 2.75) is 31.2 Å². The normalized spacial score (nSPS) is 18.7. The molecule has 0 radical (unpaired) electrons. The van der Waals surface area contributed by atoms with Crippen molar-refractivity contribution in [3.8, 4) is 5.75 Å². The number of nitrogens with zero attached hydrogens (tertiary/aromatic N) is 5. The van der Waals surface area contributed by atoms with Gasteiger partial charge in [-0.05, 0) is 86.4 Å². The zero-order valence-electron chi connectivity index (χ0n) is 27.1. The number of halogens is 2. The number of carbonyl (C=O) groups excluding carboxylic acids is 1. The Bertz CT molecular complexity index is 1850. The van der Waals surface area contributed by atoms with Crippen LogP contribution in [0.1, 0.15) is 35.2 Å². The highest BCUT2D eigenvalue weighted by Crippen LogP contribution is 2.41. The van der Waals surface area contributed by atoms with Gasteiger partial charge in [0.15, 0.2) is 0 Å². The summed E-state index contributed by atoms with van der Waals surface area (Å²) in [5, 5.41) is 1.11. The first-order valence-electron chi connectivity index (χ1n) is 16.9. The van der Waals surface area contributed by atoms with E-state index in [2.05, 4.69) is 44.7 Å². The van der Waals surface area contributed by atoms with Gasteiger partial charge < -0.3 is 24.0 Å². The number of imidazole rings is 1. The number of aromatic nitrogens is 2. The first kappa shape index (κ1) is 32.5. The molecule has 0 N–H and O–H groups in total. The van der Waals surface area contributed by atoms with Gasteiger partial charge in [0.2, 0.25) is 5.95 Å². The van der Waals surface area contributed by atoms with E-state index in [1.807, 2.05) is 77.7 Å². The monoisotopic (exact) mass is 681 g/mol. The fraction of sp³-hybridized carbons (Fsp3) is 0.333. The number of carbonyl (C=O) groups is 1. The van der Waals surface area contributed by atoms with Crippen molar-refractivity contribution in [2.75, 3.05) is 57.3 Å². The molecular weight excluding hydrogens is 641 g/mol. The van der Waals surface area contributed by atoms with E-state index in [0.29, 0.717) is 29.7 Å². The summed E-state index contributed by atoms with van der Waals surface area (Å²) in [6.45, 7) is 7.37. The van der Waals surface area contributed by atoms with Gasteiger partial charge in [-0.25, -0.2) is 4.98 Å². The zero-order valence-corrected chi connectivity index (χ0v) is 28.6. The van der Waals surface area contributed by atoms with E-state index >= 15 is 0 Å². The number of amides is 1. The number of fused-ring (bicyclic) bond motifs is 1. The van der Waals surface area contributed by atoms with Crippen molar-refractivity contribution in [3.05, 3.63) is 124 Å². The summed E-state index contributed by atoms with van der Waals surface area (Å²) in [4.78, 5) is 25.6. The first-order valence-corrected chi connectivity index (χ1v) is 17.6. The molecule has 2 aliphatic heterocycles. The summed E-state index contributed by atoms with van der Waals surface area (Å²) in [5.41, 5.74) is 3.82. The Morgan fingerprint density at radius 2 is 1.56 bits per heavy atom. The van der Waals surface area contributed by atoms with Crippen LogP contribution in [0.25, 0.3) is 11.0 Å². The third-order valence-electron chi connectivity index (χ3n) is 9.93. The van der Waals surface area contributed by atoms with Crippen molar-refractivity contribution in [3.63, 3.8) is 0 Å². The van der Waals surface area contributed by atoms with E-state index < -0.39 is 0 Å². The third kappa shape index (κ3) is 7.05. The van der Waals surface area contributed by atoms with E-state index in [9.17, 15) is 4.79 Å². The number of para-hydroxylation sites is 3. The van der Waals surface area contributed by atoms with Gasteiger partial charge in [0.25, 0.3) is 5.91 Å². The summed E-state index contributed by atoms with van der Waals surface area (Å²) in [5.74, 6) is 1.97. The van der Waals surface area contributed by atoms with E-state index in [1.54, 1.807) is 0 Å². The molecule has 7 rings (SSSR count). The van der Waals surface area contributed by atoms with E-state index in [-0.39, 0.29) is 11.3 Å². The van der Waals surface area contributed by atoms with Gasteiger partial charge in [-0.15, -0.1) is 0 Å². The predicted molar refractivity (Wildman–Crippen MR) is 195 cm³/mol. The highest BCUT2D eigenvalue weighted by Gasteiger charge is 2.42. The largest absolute Gasteiger partial charge is 0.492 e. The van der Waals surface area contributed by atoms with Crippen molar-refractivity contribution < 1.29 is 9.53 Å². The van der Waals surface area contributed by atoms with Gasteiger partial charge in [0.1, 0.15) is 12.4 Å². The van der Waals surface area contributed by atoms with Gasteiger partial charge >= 0.3 is 0 Å². The fourth-order valence-electron chi connectivity index (χ4n) is 7.28. The molecule has 3 heterocycles. The maximum absolute atomic E-state index is 13.5. The van der Waals surface area contributed by atoms with Gasteiger partial charge in [-0.3, -0.25) is 4.79 Å². The topological polar surface area (TPSA) is 53.8 Å². The Kier molecular flexibility index (Phi) is 9.89. The number of rotatable bonds is 10. The van der Waals surface area contributed by atoms with Crippen molar-refractivity contribution in [1.82, 2.24) is 19.4 Å². The van der Waals surface area contributed by atoms with E-state index in [1.165, 1.54) is 0 Å². The van der Waals surface area contributed by atoms with Crippen molar-refractivity contribution >= 4 is 46.1 Å². The molecule has 48 heavy (non-hydrogen) atoms. The van der Waals surface area contributed by atoms with Crippen LogP contribution >= 0.6 is 23.2 Å².